The van der Waals surface area contributed by atoms with E-state index in [0.717, 1.165) is 5.69 Å². The van der Waals surface area contributed by atoms with Crippen molar-refractivity contribution in [2.75, 3.05) is 10.6 Å². The van der Waals surface area contributed by atoms with Crippen molar-refractivity contribution in [3.05, 3.63) is 42.0 Å². The SMILES string of the molecule is NC(=O)Nc1ccc(NCc2ccc(O)c(O)c2O)cc1. The van der Waals surface area contributed by atoms with E-state index in [1.807, 2.05) is 0 Å². The Morgan fingerprint density at radius 1 is 0.952 bits per heavy atom. The fraction of sp³-hybridized carbons (Fsp3) is 0.0714. The molecule has 0 unspecified atom stereocenters. The lowest BCUT2D eigenvalue weighted by Crippen LogP contribution is -2.19. The van der Waals surface area contributed by atoms with E-state index in [-0.39, 0.29) is 18.0 Å². The molecule has 0 spiro atoms. The first-order valence-electron chi connectivity index (χ1n) is 6.10. The first-order valence-corrected chi connectivity index (χ1v) is 6.10. The average molecular weight is 289 g/mol. The van der Waals surface area contributed by atoms with Gasteiger partial charge in [0.25, 0.3) is 0 Å². The predicted octanol–water partition coefficient (Wildman–Crippen LogP) is 1.91. The van der Waals surface area contributed by atoms with Gasteiger partial charge in [0.05, 0.1) is 0 Å². The molecular weight excluding hydrogens is 274 g/mol. The number of carbonyl (C=O) groups is 1. The van der Waals surface area contributed by atoms with Crippen LogP contribution < -0.4 is 16.4 Å². The molecule has 7 heteroatoms. The van der Waals surface area contributed by atoms with Crippen molar-refractivity contribution in [1.82, 2.24) is 0 Å². The van der Waals surface area contributed by atoms with Gasteiger partial charge in [-0.05, 0) is 36.4 Å². The summed E-state index contributed by atoms with van der Waals surface area (Å²) in [6.07, 6.45) is 0. The molecule has 0 atom stereocenters. The maximum absolute atomic E-state index is 10.7. The van der Waals surface area contributed by atoms with Gasteiger partial charge in [0.15, 0.2) is 11.5 Å². The van der Waals surface area contributed by atoms with Gasteiger partial charge >= 0.3 is 6.03 Å². The molecule has 0 bridgehead atoms. The minimum atomic E-state index is -0.639. The first kappa shape index (κ1) is 14.3. The van der Waals surface area contributed by atoms with E-state index in [9.17, 15) is 20.1 Å². The Kier molecular flexibility index (Phi) is 4.03. The summed E-state index contributed by atoms with van der Waals surface area (Å²) in [7, 11) is 0. The number of benzene rings is 2. The van der Waals surface area contributed by atoms with E-state index in [2.05, 4.69) is 10.6 Å². The van der Waals surface area contributed by atoms with Gasteiger partial charge in [0, 0.05) is 23.5 Å². The van der Waals surface area contributed by atoms with Crippen molar-refractivity contribution < 1.29 is 20.1 Å². The lowest BCUT2D eigenvalue weighted by Gasteiger charge is -2.10. The van der Waals surface area contributed by atoms with E-state index >= 15 is 0 Å². The number of aromatic hydroxyl groups is 3. The number of phenols is 3. The number of hydrogen-bond acceptors (Lipinski definition) is 5. The Labute approximate surface area is 120 Å². The highest BCUT2D eigenvalue weighted by atomic mass is 16.3. The lowest BCUT2D eigenvalue weighted by molar-refractivity contribution is 0.259. The molecule has 2 rings (SSSR count). The maximum Gasteiger partial charge on any atom is 0.316 e. The largest absolute Gasteiger partial charge is 0.504 e. The van der Waals surface area contributed by atoms with Gasteiger partial charge in [-0.25, -0.2) is 4.79 Å². The zero-order chi connectivity index (χ0) is 15.4. The minimum Gasteiger partial charge on any atom is -0.504 e. The molecule has 21 heavy (non-hydrogen) atoms. The number of amides is 2. The van der Waals surface area contributed by atoms with Crippen LogP contribution in [0.2, 0.25) is 0 Å². The average Bonchev–Trinajstić information content (AvgIpc) is 2.45. The molecule has 0 radical (unpaired) electrons. The number of anilines is 2. The van der Waals surface area contributed by atoms with E-state index in [1.54, 1.807) is 24.3 Å². The van der Waals surface area contributed by atoms with Crippen molar-refractivity contribution in [3.8, 4) is 17.2 Å². The van der Waals surface area contributed by atoms with Crippen LogP contribution >= 0.6 is 0 Å². The summed E-state index contributed by atoms with van der Waals surface area (Å²) in [4.78, 5) is 10.7. The topological polar surface area (TPSA) is 128 Å². The van der Waals surface area contributed by atoms with Gasteiger partial charge < -0.3 is 31.7 Å². The Hall–Kier alpha value is -3.09. The van der Waals surface area contributed by atoms with Gasteiger partial charge in [-0.15, -0.1) is 0 Å². The fourth-order valence-corrected chi connectivity index (χ4v) is 1.76. The number of nitrogens with two attached hydrogens (primary N) is 1. The number of nitrogens with one attached hydrogen (secondary N) is 2. The number of carbonyl (C=O) groups excluding carboxylic acids is 1. The molecule has 110 valence electrons. The predicted molar refractivity (Wildman–Crippen MR) is 78.4 cm³/mol. The zero-order valence-corrected chi connectivity index (χ0v) is 11.0. The highest BCUT2D eigenvalue weighted by Crippen LogP contribution is 2.37. The third-order valence-corrected chi connectivity index (χ3v) is 2.85. The van der Waals surface area contributed by atoms with Crippen molar-refractivity contribution in [2.45, 2.75) is 6.54 Å². The molecule has 0 heterocycles. The highest BCUT2D eigenvalue weighted by molar-refractivity contribution is 5.87. The molecule has 0 saturated heterocycles. The maximum atomic E-state index is 10.7. The molecule has 0 aliphatic heterocycles. The standard InChI is InChI=1S/C14H15N3O4/c15-14(21)17-10-4-2-9(3-5-10)16-7-8-1-6-11(18)13(20)12(8)19/h1-6,16,18-20H,7H2,(H3,15,17,21). The zero-order valence-electron chi connectivity index (χ0n) is 11.0. The summed E-state index contributed by atoms with van der Waals surface area (Å²) in [6, 6.07) is 8.94. The van der Waals surface area contributed by atoms with Crippen LogP contribution in [0.5, 0.6) is 17.2 Å². The van der Waals surface area contributed by atoms with Crippen LogP contribution in [-0.4, -0.2) is 21.4 Å². The molecule has 0 aromatic heterocycles. The van der Waals surface area contributed by atoms with Crippen LogP contribution in [0, 0.1) is 0 Å². The van der Waals surface area contributed by atoms with Gasteiger partial charge in [0.1, 0.15) is 0 Å². The van der Waals surface area contributed by atoms with Crippen LogP contribution in [0.3, 0.4) is 0 Å². The number of rotatable bonds is 4. The second-order valence-electron chi connectivity index (χ2n) is 4.36. The first-order chi connectivity index (χ1) is 9.97. The minimum absolute atomic E-state index is 0.252. The molecule has 2 aromatic rings. The number of primary amides is 1. The number of urea groups is 1. The van der Waals surface area contributed by atoms with Crippen LogP contribution in [0.4, 0.5) is 16.2 Å². The number of phenolic OH excluding ortho intramolecular Hbond substituents is 3. The lowest BCUT2D eigenvalue weighted by atomic mass is 10.1. The monoisotopic (exact) mass is 289 g/mol. The second-order valence-corrected chi connectivity index (χ2v) is 4.36. The van der Waals surface area contributed by atoms with E-state index in [4.69, 9.17) is 5.73 Å². The van der Waals surface area contributed by atoms with Crippen LogP contribution in [-0.2, 0) is 6.54 Å². The summed E-state index contributed by atoms with van der Waals surface area (Å²) in [5.41, 5.74) is 6.75. The summed E-state index contributed by atoms with van der Waals surface area (Å²) >= 11 is 0. The Morgan fingerprint density at radius 3 is 2.19 bits per heavy atom. The van der Waals surface area contributed by atoms with Crippen molar-refractivity contribution in [2.24, 2.45) is 5.73 Å². The fourth-order valence-electron chi connectivity index (χ4n) is 1.76. The molecule has 0 aliphatic rings. The summed E-state index contributed by atoms with van der Waals surface area (Å²) < 4.78 is 0. The van der Waals surface area contributed by atoms with Crippen LogP contribution in [0.1, 0.15) is 5.56 Å². The molecule has 2 amide bonds. The summed E-state index contributed by atoms with van der Waals surface area (Å²) in [5, 5.41) is 33.8. The van der Waals surface area contributed by atoms with E-state index < -0.39 is 11.8 Å². The third-order valence-electron chi connectivity index (χ3n) is 2.85. The number of hydrogen-bond donors (Lipinski definition) is 6. The van der Waals surface area contributed by atoms with E-state index in [1.165, 1.54) is 12.1 Å². The van der Waals surface area contributed by atoms with E-state index in [0.29, 0.717) is 11.3 Å². The van der Waals surface area contributed by atoms with Crippen LogP contribution in [0.25, 0.3) is 0 Å². The van der Waals surface area contributed by atoms with Crippen molar-refractivity contribution in [1.29, 1.82) is 0 Å². The van der Waals surface area contributed by atoms with Gasteiger partial charge in [0.2, 0.25) is 5.75 Å². The molecule has 7 nitrogen and oxygen atoms in total. The van der Waals surface area contributed by atoms with Gasteiger partial charge in [-0.2, -0.15) is 0 Å². The molecule has 0 saturated carbocycles. The summed E-state index contributed by atoms with van der Waals surface area (Å²) in [6.45, 7) is 0.252. The quantitative estimate of drug-likeness (QED) is 0.479. The van der Waals surface area contributed by atoms with Crippen molar-refractivity contribution >= 4 is 17.4 Å². The Bertz CT molecular complexity index is 656. The molecule has 2 aromatic carbocycles. The molecule has 0 fully saturated rings. The van der Waals surface area contributed by atoms with Crippen LogP contribution in [0.15, 0.2) is 36.4 Å². The molecule has 0 aliphatic carbocycles. The second kappa shape index (κ2) is 5.91. The smallest absolute Gasteiger partial charge is 0.316 e. The normalized spacial score (nSPS) is 10.1. The summed E-state index contributed by atoms with van der Waals surface area (Å²) in [5.74, 6) is -1.29. The Morgan fingerprint density at radius 2 is 1.57 bits per heavy atom. The highest BCUT2D eigenvalue weighted by Gasteiger charge is 2.10. The van der Waals surface area contributed by atoms with Gasteiger partial charge in [-0.3, -0.25) is 0 Å². The third kappa shape index (κ3) is 3.47. The van der Waals surface area contributed by atoms with Crippen molar-refractivity contribution in [3.63, 3.8) is 0 Å². The molecular formula is C14H15N3O4. The molecule has 7 N–H and O–H groups in total. The Balaban J connectivity index is 2.03. The van der Waals surface area contributed by atoms with Gasteiger partial charge in [-0.1, -0.05) is 0 Å².